The van der Waals surface area contributed by atoms with Crippen molar-refractivity contribution in [1.29, 1.82) is 0 Å². The first-order valence-electron chi connectivity index (χ1n) is 6.87. The second kappa shape index (κ2) is 15.2. The maximum atomic E-state index is 10.8. The molecule has 136 valence electrons. The normalized spacial score (nSPS) is 12.5. The van der Waals surface area contributed by atoms with Gasteiger partial charge < -0.3 is 35.5 Å². The number of rotatable bonds is 11. The van der Waals surface area contributed by atoms with Gasteiger partial charge in [-0.25, -0.2) is 4.79 Å². The largest absolute Gasteiger partial charge is 0.480 e. The highest BCUT2D eigenvalue weighted by Crippen LogP contribution is 1.83. The van der Waals surface area contributed by atoms with Crippen molar-refractivity contribution in [3.63, 3.8) is 0 Å². The van der Waals surface area contributed by atoms with Crippen LogP contribution in [0.25, 0.3) is 0 Å². The first-order chi connectivity index (χ1) is 10.7. The highest BCUT2D eigenvalue weighted by atomic mass is 16.5. The highest BCUT2D eigenvalue weighted by molar-refractivity contribution is 5.86. The number of carbonyl (C=O) groups excluding carboxylic acids is 1. The predicted molar refractivity (Wildman–Crippen MR) is 80.0 cm³/mol. The maximum Gasteiger partial charge on any atom is 0.329 e. The molecule has 0 bridgehead atoms. The van der Waals surface area contributed by atoms with Crippen LogP contribution in [0.15, 0.2) is 0 Å². The van der Waals surface area contributed by atoms with Crippen LogP contribution >= 0.6 is 0 Å². The number of carbonyl (C=O) groups is 3. The minimum atomic E-state index is -1.07. The third-order valence-electron chi connectivity index (χ3n) is 2.17. The fourth-order valence-electron chi connectivity index (χ4n) is 0.928. The molecule has 10 nitrogen and oxygen atoms in total. The van der Waals surface area contributed by atoms with Crippen molar-refractivity contribution in [1.82, 2.24) is 5.32 Å². The van der Waals surface area contributed by atoms with Crippen LogP contribution in [0.2, 0.25) is 0 Å². The van der Waals surface area contributed by atoms with E-state index in [9.17, 15) is 14.4 Å². The van der Waals surface area contributed by atoms with E-state index in [1.807, 2.05) is 0 Å². The molecule has 0 aromatic rings. The third-order valence-corrected chi connectivity index (χ3v) is 2.17. The van der Waals surface area contributed by atoms with Crippen molar-refractivity contribution in [3.05, 3.63) is 0 Å². The summed E-state index contributed by atoms with van der Waals surface area (Å²) in [7, 11) is 1.59. The van der Waals surface area contributed by atoms with E-state index < -0.39 is 29.9 Å². The SMILES string of the molecule is CC(N)C(=O)NC(C)C(=O)O.COCCOCCOCC(=O)O. The summed E-state index contributed by atoms with van der Waals surface area (Å²) < 4.78 is 14.4. The van der Waals surface area contributed by atoms with E-state index in [-0.39, 0.29) is 6.61 Å². The van der Waals surface area contributed by atoms with Crippen molar-refractivity contribution in [2.75, 3.05) is 40.1 Å². The number of hydrogen-bond donors (Lipinski definition) is 4. The average Bonchev–Trinajstić information content (AvgIpc) is 2.46. The Bertz CT molecular complexity index is 349. The van der Waals surface area contributed by atoms with E-state index in [0.717, 1.165) is 0 Å². The first kappa shape index (κ1) is 23.5. The standard InChI is InChI=1S/C7H14O5.C6H12N2O3/c1-10-2-3-11-4-5-12-6-7(8)9;1-3(7)5(9)8-4(2)6(10)11/h2-6H2,1H3,(H,8,9);3-4H,7H2,1-2H3,(H,8,9)(H,10,11). The van der Waals surface area contributed by atoms with Gasteiger partial charge in [0.15, 0.2) is 0 Å². The molecule has 23 heavy (non-hydrogen) atoms. The monoisotopic (exact) mass is 338 g/mol. The van der Waals surface area contributed by atoms with Gasteiger partial charge in [0.05, 0.1) is 32.5 Å². The van der Waals surface area contributed by atoms with E-state index >= 15 is 0 Å². The van der Waals surface area contributed by atoms with E-state index in [2.05, 4.69) is 5.32 Å². The molecule has 2 unspecified atom stereocenters. The number of carboxylic acid groups (broad SMARTS) is 2. The summed E-state index contributed by atoms with van der Waals surface area (Å²) in [4.78, 5) is 30.9. The Morgan fingerprint density at radius 2 is 1.57 bits per heavy atom. The van der Waals surface area contributed by atoms with Gasteiger partial charge >= 0.3 is 11.9 Å². The van der Waals surface area contributed by atoms with E-state index in [1.165, 1.54) is 13.8 Å². The Hall–Kier alpha value is -1.75. The maximum absolute atomic E-state index is 10.8. The van der Waals surface area contributed by atoms with Gasteiger partial charge in [0.1, 0.15) is 12.6 Å². The fourth-order valence-corrected chi connectivity index (χ4v) is 0.928. The minimum absolute atomic E-state index is 0.270. The number of carboxylic acids is 2. The van der Waals surface area contributed by atoms with Gasteiger partial charge in [0.25, 0.3) is 0 Å². The number of nitrogens with one attached hydrogen (secondary N) is 1. The van der Waals surface area contributed by atoms with Crippen LogP contribution in [0.5, 0.6) is 0 Å². The van der Waals surface area contributed by atoms with Crippen LogP contribution < -0.4 is 11.1 Å². The van der Waals surface area contributed by atoms with Crippen molar-refractivity contribution < 1.29 is 38.8 Å². The van der Waals surface area contributed by atoms with Crippen molar-refractivity contribution in [3.8, 4) is 0 Å². The van der Waals surface area contributed by atoms with Crippen LogP contribution in [0.4, 0.5) is 0 Å². The summed E-state index contributed by atoms with van der Waals surface area (Å²) in [5, 5.41) is 18.7. The number of amides is 1. The second-order valence-corrected chi connectivity index (χ2v) is 4.41. The van der Waals surface area contributed by atoms with Crippen LogP contribution in [0.1, 0.15) is 13.8 Å². The molecule has 0 saturated heterocycles. The number of hydrogen-bond acceptors (Lipinski definition) is 7. The molecule has 0 rings (SSSR count). The number of ether oxygens (including phenoxy) is 3. The van der Waals surface area contributed by atoms with Gasteiger partial charge in [0.2, 0.25) is 5.91 Å². The molecule has 0 aromatic carbocycles. The minimum Gasteiger partial charge on any atom is -0.480 e. The van der Waals surface area contributed by atoms with Gasteiger partial charge in [-0.3, -0.25) is 9.59 Å². The molecular weight excluding hydrogens is 312 g/mol. The topological polar surface area (TPSA) is 157 Å². The number of aliphatic carboxylic acids is 2. The Balaban J connectivity index is 0. The second-order valence-electron chi connectivity index (χ2n) is 4.41. The zero-order valence-corrected chi connectivity index (χ0v) is 13.6. The van der Waals surface area contributed by atoms with Gasteiger partial charge in [-0.2, -0.15) is 0 Å². The highest BCUT2D eigenvalue weighted by Gasteiger charge is 2.15. The number of nitrogens with two attached hydrogens (primary N) is 1. The van der Waals surface area contributed by atoms with Crippen LogP contribution in [-0.2, 0) is 28.6 Å². The fraction of sp³-hybridized carbons (Fsp3) is 0.769. The summed E-state index contributed by atoms with van der Waals surface area (Å²) >= 11 is 0. The third kappa shape index (κ3) is 18.2. The molecule has 0 saturated carbocycles. The number of methoxy groups -OCH3 is 1. The lowest BCUT2D eigenvalue weighted by Crippen LogP contribution is -2.45. The summed E-state index contributed by atoms with van der Waals surface area (Å²) in [6.45, 7) is 4.35. The van der Waals surface area contributed by atoms with Crippen LogP contribution in [0.3, 0.4) is 0 Å². The zero-order chi connectivity index (χ0) is 18.3. The summed E-state index contributed by atoms with van der Waals surface area (Å²) in [6.07, 6.45) is 0. The molecule has 0 radical (unpaired) electrons. The average molecular weight is 338 g/mol. The lowest BCUT2D eigenvalue weighted by Gasteiger charge is -2.10. The lowest BCUT2D eigenvalue weighted by molar-refractivity contribution is -0.143. The van der Waals surface area contributed by atoms with Crippen molar-refractivity contribution in [2.45, 2.75) is 25.9 Å². The summed E-state index contributed by atoms with van der Waals surface area (Å²) in [5.74, 6) is -2.49. The molecule has 0 aliphatic heterocycles. The molecule has 1 amide bonds. The van der Waals surface area contributed by atoms with Crippen LogP contribution in [-0.4, -0.2) is 80.3 Å². The molecular formula is C13H26N2O8. The molecule has 2 atom stereocenters. The molecule has 0 spiro atoms. The molecule has 0 aromatic heterocycles. The van der Waals surface area contributed by atoms with Crippen molar-refractivity contribution >= 4 is 17.8 Å². The Kier molecular flexibility index (Phi) is 15.5. The molecule has 0 aliphatic rings. The van der Waals surface area contributed by atoms with E-state index in [0.29, 0.717) is 26.4 Å². The van der Waals surface area contributed by atoms with Gasteiger partial charge in [0, 0.05) is 7.11 Å². The van der Waals surface area contributed by atoms with Crippen LogP contribution in [0, 0.1) is 0 Å². The van der Waals surface area contributed by atoms with Crippen molar-refractivity contribution in [2.24, 2.45) is 5.73 Å². The molecule has 5 N–H and O–H groups in total. The first-order valence-corrected chi connectivity index (χ1v) is 6.87. The summed E-state index contributed by atoms with van der Waals surface area (Å²) in [5.41, 5.74) is 5.18. The molecule has 10 heteroatoms. The lowest BCUT2D eigenvalue weighted by atomic mass is 10.3. The van der Waals surface area contributed by atoms with E-state index in [1.54, 1.807) is 7.11 Å². The Morgan fingerprint density at radius 3 is 2.00 bits per heavy atom. The quantitative estimate of drug-likeness (QED) is 0.335. The summed E-state index contributed by atoms with van der Waals surface area (Å²) in [6, 6.07) is -1.55. The Labute approximate surface area is 134 Å². The predicted octanol–water partition coefficient (Wildman–Crippen LogP) is -1.33. The smallest absolute Gasteiger partial charge is 0.329 e. The van der Waals surface area contributed by atoms with Gasteiger partial charge in [-0.05, 0) is 13.8 Å². The zero-order valence-electron chi connectivity index (χ0n) is 13.6. The van der Waals surface area contributed by atoms with E-state index in [4.69, 9.17) is 30.2 Å². The van der Waals surface area contributed by atoms with Gasteiger partial charge in [-0.15, -0.1) is 0 Å². The molecule has 0 heterocycles. The Morgan fingerprint density at radius 1 is 1.04 bits per heavy atom. The van der Waals surface area contributed by atoms with Gasteiger partial charge in [-0.1, -0.05) is 0 Å². The molecule has 0 fully saturated rings. The molecule has 0 aliphatic carbocycles.